The number of hydrogen-bond donors (Lipinski definition) is 0. The molecule has 2 aromatic heterocycles. The summed E-state index contributed by atoms with van der Waals surface area (Å²) in [6.07, 6.45) is 5.35. The molecule has 5 nitrogen and oxygen atoms in total. The van der Waals surface area contributed by atoms with Crippen LogP contribution >= 0.6 is 0 Å². The topological polar surface area (TPSA) is 63.1 Å². The van der Waals surface area contributed by atoms with Crippen molar-refractivity contribution in [2.45, 2.75) is 25.7 Å². The maximum Gasteiger partial charge on any atom is 0.277 e. The summed E-state index contributed by atoms with van der Waals surface area (Å²) in [5.41, 5.74) is 2.93. The summed E-state index contributed by atoms with van der Waals surface area (Å²) in [5, 5.41) is 13.0. The van der Waals surface area contributed by atoms with Crippen LogP contribution in [0.3, 0.4) is 0 Å². The van der Waals surface area contributed by atoms with Gasteiger partial charge in [0, 0.05) is 18.3 Å². The van der Waals surface area contributed by atoms with Crippen molar-refractivity contribution in [1.29, 1.82) is 5.26 Å². The zero-order valence-electron chi connectivity index (χ0n) is 9.60. The van der Waals surface area contributed by atoms with Crippen LogP contribution in [0.4, 0.5) is 0 Å². The molecule has 2 heterocycles. The van der Waals surface area contributed by atoms with Crippen LogP contribution in [0.2, 0.25) is 0 Å². The molecule has 0 radical (unpaired) electrons. The largest absolute Gasteiger partial charge is 0.331 e. The van der Waals surface area contributed by atoms with Crippen molar-refractivity contribution >= 4 is 5.65 Å². The van der Waals surface area contributed by atoms with E-state index in [4.69, 9.17) is 5.26 Å². The summed E-state index contributed by atoms with van der Waals surface area (Å²) >= 11 is 0. The number of fused-ring (bicyclic) bond motifs is 2. The van der Waals surface area contributed by atoms with Crippen molar-refractivity contribution in [1.82, 2.24) is 14.2 Å². The summed E-state index contributed by atoms with van der Waals surface area (Å²) in [6, 6.07) is 2.08. The lowest BCUT2D eigenvalue weighted by Gasteiger charge is -2.19. The van der Waals surface area contributed by atoms with Crippen molar-refractivity contribution in [3.8, 4) is 6.07 Å². The van der Waals surface area contributed by atoms with Crippen molar-refractivity contribution in [3.63, 3.8) is 0 Å². The van der Waals surface area contributed by atoms with Crippen LogP contribution in [0.1, 0.15) is 29.7 Å². The molecule has 0 aliphatic heterocycles. The minimum atomic E-state index is -0.0608. The molecule has 2 aromatic rings. The molecule has 0 saturated heterocycles. The zero-order valence-corrected chi connectivity index (χ0v) is 9.60. The first kappa shape index (κ1) is 10.1. The Kier molecular flexibility index (Phi) is 2.05. The molecule has 0 amide bonds. The predicted octanol–water partition coefficient (Wildman–Crippen LogP) is 0.783. The molecule has 0 saturated carbocycles. The second-order valence-corrected chi connectivity index (χ2v) is 4.40. The van der Waals surface area contributed by atoms with Crippen LogP contribution < -0.4 is 5.56 Å². The summed E-state index contributed by atoms with van der Waals surface area (Å²) in [4.78, 5) is 12.2. The molecule has 0 bridgehead atoms. The standard InChI is InChI=1S/C12H12N4O/c1-15-10-5-3-2-4-9(10)12(17)16-11(15)8(6-13)7-14-16/h7H,2-5H2,1H3. The van der Waals surface area contributed by atoms with Crippen molar-refractivity contribution in [2.24, 2.45) is 7.05 Å². The molecule has 86 valence electrons. The summed E-state index contributed by atoms with van der Waals surface area (Å²) in [7, 11) is 1.90. The fraction of sp³-hybridized carbons (Fsp3) is 0.417. The molecule has 0 unspecified atom stereocenters. The van der Waals surface area contributed by atoms with E-state index in [1.165, 1.54) is 10.7 Å². The molecular formula is C12H12N4O. The SMILES string of the molecule is Cn1c2c(c(=O)n3ncc(C#N)c13)CCCC2. The van der Waals surface area contributed by atoms with Gasteiger partial charge in [0.05, 0.1) is 6.20 Å². The van der Waals surface area contributed by atoms with Gasteiger partial charge in [-0.1, -0.05) is 0 Å². The third-order valence-corrected chi connectivity index (χ3v) is 3.48. The highest BCUT2D eigenvalue weighted by Gasteiger charge is 2.20. The number of aryl methyl sites for hydroxylation is 1. The normalized spacial score (nSPS) is 14.6. The van der Waals surface area contributed by atoms with Gasteiger partial charge < -0.3 is 4.57 Å². The fourth-order valence-electron chi connectivity index (χ4n) is 2.64. The second-order valence-electron chi connectivity index (χ2n) is 4.40. The Hall–Kier alpha value is -2.09. The molecule has 1 aliphatic rings. The average molecular weight is 228 g/mol. The Balaban J connectivity index is 2.51. The molecule has 5 heteroatoms. The Bertz CT molecular complexity index is 702. The molecule has 1 aliphatic carbocycles. The van der Waals surface area contributed by atoms with Gasteiger partial charge in [0.15, 0.2) is 5.65 Å². The summed E-state index contributed by atoms with van der Waals surface area (Å²) in [6.45, 7) is 0. The predicted molar refractivity (Wildman–Crippen MR) is 61.8 cm³/mol. The van der Waals surface area contributed by atoms with E-state index in [1.807, 2.05) is 11.6 Å². The Morgan fingerprint density at radius 3 is 2.94 bits per heavy atom. The second kappa shape index (κ2) is 3.45. The highest BCUT2D eigenvalue weighted by molar-refractivity contribution is 5.56. The molecule has 0 fully saturated rings. The van der Waals surface area contributed by atoms with Gasteiger partial charge in [-0.3, -0.25) is 4.79 Å². The highest BCUT2D eigenvalue weighted by atomic mass is 16.1. The van der Waals surface area contributed by atoms with Crippen LogP contribution in [-0.2, 0) is 19.9 Å². The van der Waals surface area contributed by atoms with Crippen LogP contribution in [-0.4, -0.2) is 14.2 Å². The molecule has 0 aromatic carbocycles. The maximum atomic E-state index is 12.2. The molecular weight excluding hydrogens is 216 g/mol. The maximum absolute atomic E-state index is 12.2. The Labute approximate surface area is 97.9 Å². The van der Waals surface area contributed by atoms with E-state index in [0.29, 0.717) is 11.2 Å². The number of rotatable bonds is 0. The first-order valence-corrected chi connectivity index (χ1v) is 5.72. The first-order chi connectivity index (χ1) is 8.24. The molecule has 0 atom stereocenters. The van der Waals surface area contributed by atoms with E-state index >= 15 is 0 Å². The quantitative estimate of drug-likeness (QED) is 0.669. The number of nitriles is 1. The van der Waals surface area contributed by atoms with Crippen LogP contribution in [0, 0.1) is 11.3 Å². The van der Waals surface area contributed by atoms with Crippen LogP contribution in [0.15, 0.2) is 11.0 Å². The van der Waals surface area contributed by atoms with Gasteiger partial charge in [-0.05, 0) is 25.7 Å². The van der Waals surface area contributed by atoms with Crippen LogP contribution in [0.25, 0.3) is 5.65 Å². The average Bonchev–Trinajstić information content (AvgIpc) is 2.80. The minimum absolute atomic E-state index is 0.0608. The summed E-state index contributed by atoms with van der Waals surface area (Å²) in [5.74, 6) is 0. The molecule has 0 N–H and O–H groups in total. The van der Waals surface area contributed by atoms with Gasteiger partial charge in [-0.15, -0.1) is 0 Å². The smallest absolute Gasteiger partial charge is 0.277 e. The lowest BCUT2D eigenvalue weighted by atomic mass is 9.97. The van der Waals surface area contributed by atoms with Gasteiger partial charge in [-0.2, -0.15) is 14.9 Å². The third-order valence-electron chi connectivity index (χ3n) is 3.48. The van der Waals surface area contributed by atoms with E-state index in [1.54, 1.807) is 0 Å². The van der Waals surface area contributed by atoms with Crippen molar-refractivity contribution < 1.29 is 0 Å². The summed E-state index contributed by atoms with van der Waals surface area (Å²) < 4.78 is 3.30. The fourth-order valence-corrected chi connectivity index (χ4v) is 2.64. The number of nitrogens with zero attached hydrogens (tertiary/aromatic N) is 4. The van der Waals surface area contributed by atoms with E-state index in [2.05, 4.69) is 11.2 Å². The third kappa shape index (κ3) is 1.24. The lowest BCUT2D eigenvalue weighted by molar-refractivity contribution is 0.615. The molecule has 17 heavy (non-hydrogen) atoms. The zero-order chi connectivity index (χ0) is 12.0. The molecule has 0 spiro atoms. The van der Waals surface area contributed by atoms with Gasteiger partial charge in [0.1, 0.15) is 11.6 Å². The highest BCUT2D eigenvalue weighted by Crippen LogP contribution is 2.20. The van der Waals surface area contributed by atoms with Crippen molar-refractivity contribution in [3.05, 3.63) is 33.4 Å². The van der Waals surface area contributed by atoms with Gasteiger partial charge in [0.2, 0.25) is 0 Å². The van der Waals surface area contributed by atoms with E-state index < -0.39 is 0 Å². The van der Waals surface area contributed by atoms with E-state index in [9.17, 15) is 4.79 Å². The van der Waals surface area contributed by atoms with Gasteiger partial charge >= 0.3 is 0 Å². The van der Waals surface area contributed by atoms with Crippen molar-refractivity contribution in [2.75, 3.05) is 0 Å². The minimum Gasteiger partial charge on any atom is -0.331 e. The van der Waals surface area contributed by atoms with Gasteiger partial charge in [-0.25, -0.2) is 0 Å². The van der Waals surface area contributed by atoms with E-state index in [-0.39, 0.29) is 5.56 Å². The number of hydrogen-bond acceptors (Lipinski definition) is 3. The molecule has 3 rings (SSSR count). The number of aromatic nitrogens is 3. The Morgan fingerprint density at radius 2 is 2.18 bits per heavy atom. The Morgan fingerprint density at radius 1 is 1.41 bits per heavy atom. The van der Waals surface area contributed by atoms with Crippen LogP contribution in [0.5, 0.6) is 0 Å². The first-order valence-electron chi connectivity index (χ1n) is 5.72. The lowest BCUT2D eigenvalue weighted by Crippen LogP contribution is -2.28. The monoisotopic (exact) mass is 228 g/mol. The van der Waals surface area contributed by atoms with Gasteiger partial charge in [0.25, 0.3) is 5.56 Å². The van der Waals surface area contributed by atoms with E-state index in [0.717, 1.165) is 36.9 Å².